The van der Waals surface area contributed by atoms with Crippen molar-refractivity contribution in [2.24, 2.45) is 5.92 Å². The van der Waals surface area contributed by atoms with Crippen LogP contribution in [-0.2, 0) is 17.9 Å². The topological polar surface area (TPSA) is 59.6 Å². The van der Waals surface area contributed by atoms with Gasteiger partial charge in [-0.25, -0.2) is 0 Å². The van der Waals surface area contributed by atoms with Gasteiger partial charge in [0, 0.05) is 38.9 Å². The summed E-state index contributed by atoms with van der Waals surface area (Å²) in [7, 11) is 1.62. The van der Waals surface area contributed by atoms with Crippen molar-refractivity contribution < 1.29 is 14.3 Å². The number of halogens is 2. The fourth-order valence-corrected chi connectivity index (χ4v) is 3.56. The van der Waals surface area contributed by atoms with Crippen LogP contribution < -0.4 is 20.1 Å². The van der Waals surface area contributed by atoms with Crippen LogP contribution >= 0.6 is 27.5 Å². The van der Waals surface area contributed by atoms with E-state index >= 15 is 0 Å². The fourth-order valence-electron chi connectivity index (χ4n) is 2.91. The molecule has 0 unspecified atom stereocenters. The van der Waals surface area contributed by atoms with Gasteiger partial charge >= 0.3 is 0 Å². The Kier molecular flexibility index (Phi) is 8.42. The molecular weight excluding hydrogens is 492 g/mol. The van der Waals surface area contributed by atoms with Gasteiger partial charge in [-0.15, -0.1) is 0 Å². The zero-order valence-electron chi connectivity index (χ0n) is 18.2. The highest BCUT2D eigenvalue weighted by Crippen LogP contribution is 2.35. The Morgan fingerprint density at radius 2 is 1.69 bits per heavy atom. The lowest BCUT2D eigenvalue weighted by atomic mass is 10.1. The van der Waals surface area contributed by atoms with Crippen molar-refractivity contribution in [3.8, 4) is 11.5 Å². The van der Waals surface area contributed by atoms with E-state index in [1.54, 1.807) is 7.11 Å². The third-order valence-electron chi connectivity index (χ3n) is 4.83. The molecular formula is C25H26BrClN2O3. The first kappa shape index (κ1) is 24.0. The average molecular weight is 518 g/mol. The molecule has 5 nitrogen and oxygen atoms in total. The first-order valence-electron chi connectivity index (χ1n) is 10.2. The quantitative estimate of drug-likeness (QED) is 0.324. The molecule has 1 amide bonds. The molecule has 0 aliphatic heterocycles. The number of carbonyl (C=O) groups is 1. The summed E-state index contributed by atoms with van der Waals surface area (Å²) in [5, 5.41) is 6.94. The average Bonchev–Trinajstić information content (AvgIpc) is 2.78. The monoisotopic (exact) mass is 516 g/mol. The lowest BCUT2D eigenvalue weighted by Gasteiger charge is -2.15. The Morgan fingerprint density at radius 1 is 1.00 bits per heavy atom. The number of rotatable bonds is 9. The molecule has 168 valence electrons. The van der Waals surface area contributed by atoms with E-state index in [1.807, 2.05) is 74.5 Å². The van der Waals surface area contributed by atoms with E-state index in [9.17, 15) is 4.79 Å². The van der Waals surface area contributed by atoms with Crippen LogP contribution in [0, 0.1) is 5.92 Å². The number of hydrogen-bond donors (Lipinski definition) is 2. The molecule has 0 spiro atoms. The highest BCUT2D eigenvalue weighted by atomic mass is 79.9. The highest BCUT2D eigenvalue weighted by Gasteiger charge is 2.12. The van der Waals surface area contributed by atoms with Gasteiger partial charge in [0.2, 0.25) is 5.91 Å². The van der Waals surface area contributed by atoms with Crippen molar-refractivity contribution in [1.82, 2.24) is 0 Å². The van der Waals surface area contributed by atoms with E-state index in [-0.39, 0.29) is 11.8 Å². The third-order valence-corrected chi connectivity index (χ3v) is 5.94. The number of anilines is 2. The molecule has 0 aliphatic carbocycles. The smallest absolute Gasteiger partial charge is 0.226 e. The molecule has 0 radical (unpaired) electrons. The number of nitrogens with one attached hydrogen (secondary N) is 2. The Hall–Kier alpha value is -2.70. The van der Waals surface area contributed by atoms with Crippen LogP contribution in [0.5, 0.6) is 11.5 Å². The Bertz CT molecular complexity index is 1070. The van der Waals surface area contributed by atoms with E-state index in [4.69, 9.17) is 21.1 Å². The van der Waals surface area contributed by atoms with Gasteiger partial charge in [-0.1, -0.05) is 59.6 Å². The van der Waals surface area contributed by atoms with Crippen LogP contribution in [0.25, 0.3) is 0 Å². The molecule has 3 rings (SSSR count). The van der Waals surface area contributed by atoms with Gasteiger partial charge < -0.3 is 20.1 Å². The van der Waals surface area contributed by atoms with Crippen LogP contribution in [0.15, 0.2) is 65.1 Å². The molecule has 0 saturated carbocycles. The second kappa shape index (κ2) is 11.2. The van der Waals surface area contributed by atoms with Gasteiger partial charge in [-0.05, 0) is 48.0 Å². The van der Waals surface area contributed by atoms with E-state index in [0.717, 1.165) is 27.0 Å². The molecule has 0 bridgehead atoms. The summed E-state index contributed by atoms with van der Waals surface area (Å²) in [6.07, 6.45) is 0. The largest absolute Gasteiger partial charge is 0.493 e. The van der Waals surface area contributed by atoms with E-state index in [0.29, 0.717) is 29.7 Å². The summed E-state index contributed by atoms with van der Waals surface area (Å²) in [6, 6.07) is 19.1. The molecule has 32 heavy (non-hydrogen) atoms. The maximum Gasteiger partial charge on any atom is 0.226 e. The summed E-state index contributed by atoms with van der Waals surface area (Å²) in [4.78, 5) is 11.8. The van der Waals surface area contributed by atoms with Crippen LogP contribution in [0.2, 0.25) is 5.02 Å². The standard InChI is InChI=1S/C25H26BrClN2O3/c1-16(2)25(30)29-20-10-8-19(9-11-20)28-14-18-12-23(31-3)24(13-21(18)26)32-15-17-6-4-5-7-22(17)27/h4-13,16,28H,14-15H2,1-3H3,(H,29,30). The number of benzene rings is 3. The number of hydrogen-bond acceptors (Lipinski definition) is 4. The maximum atomic E-state index is 11.8. The van der Waals surface area contributed by atoms with E-state index < -0.39 is 0 Å². The van der Waals surface area contributed by atoms with Crippen molar-refractivity contribution in [2.75, 3.05) is 17.7 Å². The zero-order valence-corrected chi connectivity index (χ0v) is 20.6. The summed E-state index contributed by atoms with van der Waals surface area (Å²) < 4.78 is 12.4. The number of carbonyl (C=O) groups excluding carboxylic acids is 1. The van der Waals surface area contributed by atoms with Crippen LogP contribution in [0.4, 0.5) is 11.4 Å². The molecule has 7 heteroatoms. The minimum atomic E-state index is -0.0586. The zero-order chi connectivity index (χ0) is 23.1. The summed E-state index contributed by atoms with van der Waals surface area (Å²) in [5.74, 6) is 1.22. The minimum Gasteiger partial charge on any atom is -0.493 e. The Balaban J connectivity index is 1.64. The van der Waals surface area contributed by atoms with Crippen LogP contribution in [-0.4, -0.2) is 13.0 Å². The Labute approximate surface area is 202 Å². The molecule has 0 fully saturated rings. The number of ether oxygens (including phenoxy) is 2. The van der Waals surface area contributed by atoms with Crippen molar-refractivity contribution >= 4 is 44.8 Å². The molecule has 2 N–H and O–H groups in total. The van der Waals surface area contributed by atoms with Crippen LogP contribution in [0.1, 0.15) is 25.0 Å². The van der Waals surface area contributed by atoms with Gasteiger partial charge in [-0.2, -0.15) is 0 Å². The predicted molar refractivity (Wildman–Crippen MR) is 134 cm³/mol. The normalized spacial score (nSPS) is 10.7. The molecule has 0 aliphatic rings. The number of methoxy groups -OCH3 is 1. The number of amides is 1. The summed E-state index contributed by atoms with van der Waals surface area (Å²) in [5.41, 5.74) is 3.64. The molecule has 0 saturated heterocycles. The third kappa shape index (κ3) is 6.40. The van der Waals surface area contributed by atoms with Gasteiger partial charge in [0.25, 0.3) is 0 Å². The SMILES string of the molecule is COc1cc(CNc2ccc(NC(=O)C(C)C)cc2)c(Br)cc1OCc1ccccc1Cl. The summed E-state index contributed by atoms with van der Waals surface area (Å²) >= 11 is 9.85. The summed E-state index contributed by atoms with van der Waals surface area (Å²) in [6.45, 7) is 4.66. The second-order valence-electron chi connectivity index (χ2n) is 7.55. The predicted octanol–water partition coefficient (Wildman–Crippen LogP) is 6.90. The second-order valence-corrected chi connectivity index (χ2v) is 8.81. The molecule has 0 atom stereocenters. The highest BCUT2D eigenvalue weighted by molar-refractivity contribution is 9.10. The lowest BCUT2D eigenvalue weighted by Crippen LogP contribution is -2.17. The fraction of sp³-hybridized carbons (Fsp3) is 0.240. The van der Waals surface area contributed by atoms with Crippen molar-refractivity contribution in [3.63, 3.8) is 0 Å². The van der Waals surface area contributed by atoms with Crippen molar-refractivity contribution in [3.05, 3.63) is 81.3 Å². The van der Waals surface area contributed by atoms with Gasteiger partial charge in [0.1, 0.15) is 6.61 Å². The minimum absolute atomic E-state index is 0.00132. The van der Waals surface area contributed by atoms with Crippen molar-refractivity contribution in [2.45, 2.75) is 27.0 Å². The molecule has 3 aromatic rings. The first-order chi connectivity index (χ1) is 15.4. The van der Waals surface area contributed by atoms with Crippen LogP contribution in [0.3, 0.4) is 0 Å². The van der Waals surface area contributed by atoms with Gasteiger partial charge in [0.05, 0.1) is 7.11 Å². The molecule has 3 aromatic carbocycles. The lowest BCUT2D eigenvalue weighted by molar-refractivity contribution is -0.118. The first-order valence-corrected chi connectivity index (χ1v) is 11.4. The van der Waals surface area contributed by atoms with Crippen molar-refractivity contribution in [1.29, 1.82) is 0 Å². The van der Waals surface area contributed by atoms with E-state index in [2.05, 4.69) is 26.6 Å². The molecule has 0 heterocycles. The van der Waals surface area contributed by atoms with Gasteiger partial charge in [0.15, 0.2) is 11.5 Å². The molecule has 0 aromatic heterocycles. The van der Waals surface area contributed by atoms with Gasteiger partial charge in [-0.3, -0.25) is 4.79 Å². The maximum absolute atomic E-state index is 11.8. The van der Waals surface area contributed by atoms with E-state index in [1.165, 1.54) is 0 Å². The Morgan fingerprint density at radius 3 is 2.34 bits per heavy atom.